The van der Waals surface area contributed by atoms with Crippen molar-refractivity contribution in [2.75, 3.05) is 5.01 Å². The number of para-hydroxylation sites is 2. The number of nitriles is 1. The number of amides is 1. The summed E-state index contributed by atoms with van der Waals surface area (Å²) in [5, 5.41) is 20.5. The first-order valence-electron chi connectivity index (χ1n) is 9.69. The zero-order valence-corrected chi connectivity index (χ0v) is 16.9. The van der Waals surface area contributed by atoms with Crippen LogP contribution in [0.15, 0.2) is 77.2 Å². The van der Waals surface area contributed by atoms with Crippen LogP contribution in [0, 0.1) is 18.3 Å². The number of benzene rings is 2. The number of carbonyl (C=O) groups excluding carboxylic acids is 1. The number of carbonyl (C=O) groups is 1. The molecule has 1 spiro atoms. The Morgan fingerprint density at radius 3 is 2.26 bits per heavy atom. The predicted octanol–water partition coefficient (Wildman–Crippen LogP) is 2.93. The smallest absolute Gasteiger partial charge is 0.269 e. The van der Waals surface area contributed by atoms with Gasteiger partial charge in [-0.2, -0.15) is 20.5 Å². The summed E-state index contributed by atoms with van der Waals surface area (Å²) >= 11 is 0. The van der Waals surface area contributed by atoms with Crippen LogP contribution in [0.2, 0.25) is 0 Å². The number of ether oxygens (including phenoxy) is 1. The van der Waals surface area contributed by atoms with Crippen LogP contribution in [-0.2, 0) is 10.2 Å². The molecule has 2 aromatic carbocycles. The number of hydrogen-bond donors (Lipinski definition) is 1. The Labute approximate surface area is 178 Å². The molecule has 2 aliphatic rings. The van der Waals surface area contributed by atoms with Gasteiger partial charge in [0.1, 0.15) is 11.6 Å². The van der Waals surface area contributed by atoms with Crippen LogP contribution in [0.25, 0.3) is 5.69 Å². The monoisotopic (exact) mass is 410 g/mol. The third-order valence-corrected chi connectivity index (χ3v) is 5.64. The molecule has 0 radical (unpaired) electrons. The Morgan fingerprint density at radius 1 is 1.03 bits per heavy atom. The van der Waals surface area contributed by atoms with Crippen molar-refractivity contribution in [3.05, 3.63) is 83.4 Å². The number of nitrogens with zero attached hydrogens (tertiary/aromatic N) is 5. The number of aromatic nitrogens is 2. The van der Waals surface area contributed by atoms with Crippen LogP contribution in [-0.4, -0.2) is 21.4 Å². The number of rotatable bonds is 2. The number of nitrogens with two attached hydrogens (primary N) is 1. The number of hydrogen-bond acceptors (Lipinski definition) is 6. The van der Waals surface area contributed by atoms with Crippen molar-refractivity contribution in [3.8, 4) is 17.6 Å². The predicted molar refractivity (Wildman–Crippen MR) is 114 cm³/mol. The van der Waals surface area contributed by atoms with Crippen molar-refractivity contribution >= 4 is 17.3 Å². The third kappa shape index (κ3) is 2.37. The summed E-state index contributed by atoms with van der Waals surface area (Å²) in [4.78, 5) is 13.9. The highest BCUT2D eigenvalue weighted by Gasteiger charge is 2.60. The zero-order chi connectivity index (χ0) is 21.8. The van der Waals surface area contributed by atoms with Crippen molar-refractivity contribution < 1.29 is 9.53 Å². The van der Waals surface area contributed by atoms with Gasteiger partial charge in [-0.05, 0) is 38.1 Å². The van der Waals surface area contributed by atoms with E-state index < -0.39 is 11.3 Å². The molecule has 2 N–H and O–H groups in total. The molecule has 0 fully saturated rings. The zero-order valence-electron chi connectivity index (χ0n) is 16.9. The van der Waals surface area contributed by atoms with Gasteiger partial charge in [0.15, 0.2) is 5.41 Å². The molecule has 152 valence electrons. The van der Waals surface area contributed by atoms with E-state index in [2.05, 4.69) is 16.3 Å². The van der Waals surface area contributed by atoms with Crippen LogP contribution in [0.3, 0.4) is 0 Å². The van der Waals surface area contributed by atoms with Gasteiger partial charge in [0.05, 0.1) is 28.3 Å². The molecule has 3 heterocycles. The van der Waals surface area contributed by atoms with Crippen LogP contribution < -0.4 is 15.5 Å². The molecule has 8 heteroatoms. The molecule has 3 aromatic rings. The molecule has 1 amide bonds. The molecule has 0 saturated carbocycles. The van der Waals surface area contributed by atoms with Crippen molar-refractivity contribution in [1.29, 1.82) is 5.26 Å². The molecule has 1 aromatic heterocycles. The number of hydrazone groups is 1. The maximum absolute atomic E-state index is 13.9. The van der Waals surface area contributed by atoms with Gasteiger partial charge in [0.25, 0.3) is 5.91 Å². The van der Waals surface area contributed by atoms with Gasteiger partial charge < -0.3 is 10.5 Å². The number of aryl methyl sites for hydroxylation is 1. The SMILES string of the molecule is CC1=NN(c2ccccc2)C(=O)[C@]12C(C#N)=C(N)Oc1c2c(C)nn1-c1ccccc1. The largest absolute Gasteiger partial charge is 0.422 e. The molecule has 2 aliphatic heterocycles. The van der Waals surface area contributed by atoms with Gasteiger partial charge in [-0.3, -0.25) is 4.79 Å². The normalized spacial score (nSPS) is 19.8. The van der Waals surface area contributed by atoms with E-state index in [-0.39, 0.29) is 11.5 Å². The fourth-order valence-electron chi connectivity index (χ4n) is 4.28. The standard InChI is InChI=1S/C23H18N6O2/c1-14-19-21(28(26-14)16-9-5-3-6-10-16)31-20(25)18(13-24)23(19)15(2)27-29(22(23)30)17-11-7-4-8-12-17/h3-12H,25H2,1-2H3/t23-/m0/s1. The number of fused-ring (bicyclic) bond motifs is 2. The van der Waals surface area contributed by atoms with Crippen LogP contribution in [0.1, 0.15) is 18.2 Å². The minimum Gasteiger partial charge on any atom is -0.422 e. The minimum absolute atomic E-state index is 0.0143. The molecular formula is C23H18N6O2. The molecule has 31 heavy (non-hydrogen) atoms. The van der Waals surface area contributed by atoms with E-state index >= 15 is 0 Å². The fraction of sp³-hybridized carbons (Fsp3) is 0.130. The molecule has 0 bridgehead atoms. The highest BCUT2D eigenvalue weighted by atomic mass is 16.5. The van der Waals surface area contributed by atoms with Crippen LogP contribution >= 0.6 is 0 Å². The van der Waals surface area contributed by atoms with E-state index in [0.29, 0.717) is 28.5 Å². The Hall–Kier alpha value is -4.38. The summed E-state index contributed by atoms with van der Waals surface area (Å²) in [5.74, 6) is -0.223. The minimum atomic E-state index is -1.50. The van der Waals surface area contributed by atoms with Gasteiger partial charge in [0, 0.05) is 0 Å². The summed E-state index contributed by atoms with van der Waals surface area (Å²) in [6, 6.07) is 20.6. The van der Waals surface area contributed by atoms with E-state index in [0.717, 1.165) is 5.69 Å². The molecule has 0 saturated heterocycles. The van der Waals surface area contributed by atoms with Gasteiger partial charge in [-0.25, -0.2) is 4.68 Å². The lowest BCUT2D eigenvalue weighted by atomic mass is 9.70. The van der Waals surface area contributed by atoms with Gasteiger partial charge in [-0.1, -0.05) is 36.4 Å². The van der Waals surface area contributed by atoms with E-state index in [9.17, 15) is 10.1 Å². The Morgan fingerprint density at radius 2 is 1.65 bits per heavy atom. The van der Waals surface area contributed by atoms with Crippen LogP contribution in [0.5, 0.6) is 5.88 Å². The fourth-order valence-corrected chi connectivity index (χ4v) is 4.28. The first kappa shape index (κ1) is 18.6. The van der Waals surface area contributed by atoms with Crippen molar-refractivity contribution in [2.24, 2.45) is 10.8 Å². The van der Waals surface area contributed by atoms with Crippen molar-refractivity contribution in [3.63, 3.8) is 0 Å². The summed E-state index contributed by atoms with van der Waals surface area (Å²) < 4.78 is 7.47. The van der Waals surface area contributed by atoms with Gasteiger partial charge in [0.2, 0.25) is 11.8 Å². The first-order valence-corrected chi connectivity index (χ1v) is 9.69. The Kier molecular flexibility index (Phi) is 3.95. The lowest BCUT2D eigenvalue weighted by molar-refractivity contribution is -0.120. The number of anilines is 1. The molecular weight excluding hydrogens is 392 g/mol. The van der Waals surface area contributed by atoms with E-state index in [1.807, 2.05) is 48.5 Å². The summed E-state index contributed by atoms with van der Waals surface area (Å²) in [6.45, 7) is 3.51. The highest BCUT2D eigenvalue weighted by Crippen LogP contribution is 2.50. The van der Waals surface area contributed by atoms with Gasteiger partial charge in [-0.15, -0.1) is 0 Å². The first-order chi connectivity index (χ1) is 15.0. The molecule has 0 aliphatic carbocycles. The second-order valence-corrected chi connectivity index (χ2v) is 7.35. The molecule has 5 rings (SSSR count). The second kappa shape index (κ2) is 6.57. The molecule has 8 nitrogen and oxygen atoms in total. The maximum atomic E-state index is 13.9. The Balaban J connectivity index is 1.79. The van der Waals surface area contributed by atoms with Crippen molar-refractivity contribution in [2.45, 2.75) is 19.3 Å². The average molecular weight is 410 g/mol. The summed E-state index contributed by atoms with van der Waals surface area (Å²) in [6.07, 6.45) is 0. The van der Waals surface area contributed by atoms with E-state index in [1.165, 1.54) is 5.01 Å². The topological polar surface area (TPSA) is 110 Å². The van der Waals surface area contributed by atoms with E-state index in [1.54, 1.807) is 30.7 Å². The Bertz CT molecular complexity index is 1320. The molecule has 1 atom stereocenters. The quantitative estimate of drug-likeness (QED) is 0.699. The summed E-state index contributed by atoms with van der Waals surface area (Å²) in [7, 11) is 0. The van der Waals surface area contributed by atoms with Crippen molar-refractivity contribution in [1.82, 2.24) is 9.78 Å². The van der Waals surface area contributed by atoms with Gasteiger partial charge >= 0.3 is 0 Å². The average Bonchev–Trinajstić information content (AvgIpc) is 3.25. The molecule has 0 unspecified atom stereocenters. The summed E-state index contributed by atoms with van der Waals surface area (Å²) in [5.41, 5.74) is 7.51. The van der Waals surface area contributed by atoms with Crippen LogP contribution in [0.4, 0.5) is 5.69 Å². The lowest BCUT2D eigenvalue weighted by Gasteiger charge is -2.32. The second-order valence-electron chi connectivity index (χ2n) is 7.35. The highest BCUT2D eigenvalue weighted by molar-refractivity contribution is 6.26. The maximum Gasteiger partial charge on any atom is 0.269 e. The van der Waals surface area contributed by atoms with E-state index in [4.69, 9.17) is 10.5 Å². The lowest BCUT2D eigenvalue weighted by Crippen LogP contribution is -2.48. The third-order valence-electron chi connectivity index (χ3n) is 5.64.